The zero-order chi connectivity index (χ0) is 10.4. The van der Waals surface area contributed by atoms with Gasteiger partial charge in [-0.2, -0.15) is 0 Å². The molecule has 5 heteroatoms. The highest BCUT2D eigenvalue weighted by atomic mass is 16.1. The van der Waals surface area contributed by atoms with Crippen molar-refractivity contribution in [1.29, 1.82) is 0 Å². The molecule has 0 bridgehead atoms. The number of nitrogens with zero attached hydrogens (tertiary/aromatic N) is 1. The first-order valence-corrected chi connectivity index (χ1v) is 4.48. The molecule has 0 spiro atoms. The number of nitrogen functional groups attached to an aromatic ring is 1. The van der Waals surface area contributed by atoms with Crippen molar-refractivity contribution in [2.24, 2.45) is 5.84 Å². The Morgan fingerprint density at radius 2 is 2.36 bits per heavy atom. The van der Waals surface area contributed by atoms with Crippen LogP contribution in [0, 0.1) is 0 Å². The summed E-state index contributed by atoms with van der Waals surface area (Å²) in [6.45, 7) is 2.68. The van der Waals surface area contributed by atoms with Crippen LogP contribution >= 0.6 is 0 Å². The van der Waals surface area contributed by atoms with Crippen molar-refractivity contribution in [2.45, 2.75) is 13.3 Å². The van der Waals surface area contributed by atoms with Crippen LogP contribution in [0.3, 0.4) is 0 Å². The van der Waals surface area contributed by atoms with Gasteiger partial charge < -0.3 is 10.7 Å². The second-order valence-corrected chi connectivity index (χ2v) is 2.83. The van der Waals surface area contributed by atoms with Gasteiger partial charge in [-0.15, -0.1) is 0 Å². The summed E-state index contributed by atoms with van der Waals surface area (Å²) in [7, 11) is 0. The zero-order valence-electron chi connectivity index (χ0n) is 8.08. The lowest BCUT2D eigenvalue weighted by Gasteiger charge is -2.03. The molecule has 76 valence electrons. The molecule has 14 heavy (non-hydrogen) atoms. The summed E-state index contributed by atoms with van der Waals surface area (Å²) >= 11 is 0. The average molecular weight is 194 g/mol. The molecule has 0 fully saturated rings. The maximum atomic E-state index is 11.4. The van der Waals surface area contributed by atoms with E-state index in [1.807, 2.05) is 6.92 Å². The summed E-state index contributed by atoms with van der Waals surface area (Å²) in [5, 5.41) is 2.76. The van der Waals surface area contributed by atoms with E-state index < -0.39 is 0 Å². The van der Waals surface area contributed by atoms with E-state index in [9.17, 15) is 4.79 Å². The molecule has 1 heterocycles. The third-order valence-electron chi connectivity index (χ3n) is 1.71. The SMILES string of the molecule is CCCNC(=O)c1ccc(NN)nc1. The molecule has 0 saturated carbocycles. The van der Waals surface area contributed by atoms with Crippen molar-refractivity contribution < 1.29 is 4.79 Å². The molecule has 0 aromatic carbocycles. The van der Waals surface area contributed by atoms with E-state index in [2.05, 4.69) is 15.7 Å². The number of carbonyl (C=O) groups excluding carboxylic acids is 1. The first-order valence-electron chi connectivity index (χ1n) is 4.48. The van der Waals surface area contributed by atoms with Gasteiger partial charge in [0.15, 0.2) is 0 Å². The summed E-state index contributed by atoms with van der Waals surface area (Å²) in [6.07, 6.45) is 2.40. The quantitative estimate of drug-likeness (QED) is 0.482. The highest BCUT2D eigenvalue weighted by Crippen LogP contribution is 2.02. The van der Waals surface area contributed by atoms with Gasteiger partial charge in [0.25, 0.3) is 5.91 Å². The van der Waals surface area contributed by atoms with Crippen LogP contribution in [-0.2, 0) is 0 Å². The third kappa shape index (κ3) is 2.70. The molecule has 0 saturated heterocycles. The Balaban J connectivity index is 2.62. The van der Waals surface area contributed by atoms with Crippen molar-refractivity contribution in [3.63, 3.8) is 0 Å². The Hall–Kier alpha value is -1.62. The number of nitrogens with one attached hydrogen (secondary N) is 2. The highest BCUT2D eigenvalue weighted by Gasteiger charge is 2.03. The van der Waals surface area contributed by atoms with E-state index >= 15 is 0 Å². The maximum Gasteiger partial charge on any atom is 0.252 e. The van der Waals surface area contributed by atoms with E-state index in [0.717, 1.165) is 6.42 Å². The van der Waals surface area contributed by atoms with E-state index in [1.54, 1.807) is 12.1 Å². The van der Waals surface area contributed by atoms with Crippen molar-refractivity contribution in [2.75, 3.05) is 12.0 Å². The molecule has 0 aliphatic rings. The standard InChI is InChI=1S/C9H14N4O/c1-2-5-11-9(14)7-3-4-8(13-10)12-6-7/h3-4,6H,2,5,10H2,1H3,(H,11,14)(H,12,13). The number of hydrogen-bond donors (Lipinski definition) is 3. The van der Waals surface area contributed by atoms with E-state index in [4.69, 9.17) is 5.84 Å². The van der Waals surface area contributed by atoms with Gasteiger partial charge in [-0.1, -0.05) is 6.92 Å². The van der Waals surface area contributed by atoms with Crippen LogP contribution in [0.4, 0.5) is 5.82 Å². The van der Waals surface area contributed by atoms with Crippen molar-refractivity contribution >= 4 is 11.7 Å². The Kier molecular flexibility index (Phi) is 3.87. The number of anilines is 1. The minimum atomic E-state index is -0.108. The normalized spacial score (nSPS) is 9.57. The monoisotopic (exact) mass is 194 g/mol. The molecule has 1 aromatic heterocycles. The first kappa shape index (κ1) is 10.5. The zero-order valence-corrected chi connectivity index (χ0v) is 8.08. The number of hydrogen-bond acceptors (Lipinski definition) is 4. The minimum absolute atomic E-state index is 0.108. The number of pyridine rings is 1. The molecule has 0 atom stereocenters. The van der Waals surface area contributed by atoms with Crippen LogP contribution in [0.5, 0.6) is 0 Å². The second kappa shape index (κ2) is 5.18. The van der Waals surface area contributed by atoms with Crippen LogP contribution in [0.2, 0.25) is 0 Å². The van der Waals surface area contributed by atoms with E-state index in [0.29, 0.717) is 17.9 Å². The molecule has 0 aliphatic heterocycles. The van der Waals surface area contributed by atoms with Gasteiger partial charge in [0, 0.05) is 12.7 Å². The molecular formula is C9H14N4O. The largest absolute Gasteiger partial charge is 0.352 e. The number of rotatable bonds is 4. The predicted molar refractivity (Wildman–Crippen MR) is 54.7 cm³/mol. The first-order chi connectivity index (χ1) is 6.77. The number of amides is 1. The maximum absolute atomic E-state index is 11.4. The summed E-state index contributed by atoms with van der Waals surface area (Å²) in [4.78, 5) is 15.3. The van der Waals surface area contributed by atoms with Gasteiger partial charge >= 0.3 is 0 Å². The molecule has 0 unspecified atom stereocenters. The van der Waals surface area contributed by atoms with Crippen LogP contribution in [-0.4, -0.2) is 17.4 Å². The molecule has 1 amide bonds. The third-order valence-corrected chi connectivity index (χ3v) is 1.71. The van der Waals surface area contributed by atoms with Crippen molar-refractivity contribution in [1.82, 2.24) is 10.3 Å². The number of carbonyl (C=O) groups is 1. The Morgan fingerprint density at radius 3 is 2.86 bits per heavy atom. The smallest absolute Gasteiger partial charge is 0.252 e. The average Bonchev–Trinajstić information content (AvgIpc) is 2.26. The lowest BCUT2D eigenvalue weighted by Crippen LogP contribution is -2.24. The van der Waals surface area contributed by atoms with E-state index in [1.165, 1.54) is 6.20 Å². The number of nitrogens with two attached hydrogens (primary N) is 1. The molecular weight excluding hydrogens is 180 g/mol. The highest BCUT2D eigenvalue weighted by molar-refractivity contribution is 5.93. The molecule has 1 rings (SSSR count). The summed E-state index contributed by atoms with van der Waals surface area (Å²) in [6, 6.07) is 3.33. The van der Waals surface area contributed by atoms with Crippen LogP contribution < -0.4 is 16.6 Å². The fraction of sp³-hybridized carbons (Fsp3) is 0.333. The van der Waals surface area contributed by atoms with Gasteiger partial charge in [-0.3, -0.25) is 4.79 Å². The molecule has 5 nitrogen and oxygen atoms in total. The summed E-state index contributed by atoms with van der Waals surface area (Å²) < 4.78 is 0. The topological polar surface area (TPSA) is 80.0 Å². The Morgan fingerprint density at radius 1 is 1.57 bits per heavy atom. The fourth-order valence-corrected chi connectivity index (χ4v) is 0.954. The Labute approximate surface area is 82.7 Å². The molecule has 0 radical (unpaired) electrons. The Bertz CT molecular complexity index is 296. The second-order valence-electron chi connectivity index (χ2n) is 2.83. The van der Waals surface area contributed by atoms with Gasteiger partial charge in [0.05, 0.1) is 5.56 Å². The summed E-state index contributed by atoms with van der Waals surface area (Å²) in [5.41, 5.74) is 2.93. The lowest BCUT2D eigenvalue weighted by molar-refractivity contribution is 0.0953. The van der Waals surface area contributed by atoms with Crippen LogP contribution in [0.25, 0.3) is 0 Å². The number of aromatic nitrogens is 1. The lowest BCUT2D eigenvalue weighted by atomic mass is 10.2. The molecule has 4 N–H and O–H groups in total. The van der Waals surface area contributed by atoms with Crippen LogP contribution in [0.1, 0.15) is 23.7 Å². The van der Waals surface area contributed by atoms with Crippen LogP contribution in [0.15, 0.2) is 18.3 Å². The van der Waals surface area contributed by atoms with Crippen molar-refractivity contribution in [3.8, 4) is 0 Å². The number of hydrazine groups is 1. The summed E-state index contributed by atoms with van der Waals surface area (Å²) in [5.74, 6) is 5.57. The van der Waals surface area contributed by atoms with Gasteiger partial charge in [-0.25, -0.2) is 10.8 Å². The molecule has 0 aliphatic carbocycles. The van der Waals surface area contributed by atoms with Gasteiger partial charge in [0.2, 0.25) is 0 Å². The van der Waals surface area contributed by atoms with Gasteiger partial charge in [0.1, 0.15) is 5.82 Å². The van der Waals surface area contributed by atoms with Crippen molar-refractivity contribution in [3.05, 3.63) is 23.9 Å². The predicted octanol–water partition coefficient (Wildman–Crippen LogP) is 0.507. The van der Waals surface area contributed by atoms with Gasteiger partial charge in [-0.05, 0) is 18.6 Å². The van der Waals surface area contributed by atoms with E-state index in [-0.39, 0.29) is 5.91 Å². The molecule has 1 aromatic rings. The fourth-order valence-electron chi connectivity index (χ4n) is 0.954. The minimum Gasteiger partial charge on any atom is -0.352 e.